The lowest BCUT2D eigenvalue weighted by Crippen LogP contribution is -2.24. The average molecular weight is 287 g/mol. The normalized spacial score (nSPS) is 13.5. The first kappa shape index (κ1) is 14.5. The largest absolute Gasteiger partial charge is 0.416 e. The van der Waals surface area contributed by atoms with Gasteiger partial charge in [0, 0.05) is 13.2 Å². The van der Waals surface area contributed by atoms with Gasteiger partial charge in [-0.2, -0.15) is 18.3 Å². The van der Waals surface area contributed by atoms with Gasteiger partial charge in [0.15, 0.2) is 0 Å². The van der Waals surface area contributed by atoms with Gasteiger partial charge >= 0.3 is 6.18 Å². The minimum atomic E-state index is -4.54. The molecule has 2 rings (SSSR count). The highest BCUT2D eigenvalue weighted by atomic mass is 19.4. The molecule has 0 aliphatic heterocycles. The van der Waals surface area contributed by atoms with Crippen molar-refractivity contribution < 1.29 is 17.6 Å². The predicted octanol–water partition coefficient (Wildman–Crippen LogP) is 2.89. The summed E-state index contributed by atoms with van der Waals surface area (Å²) in [6.45, 7) is 0. The molecule has 0 spiro atoms. The molecule has 0 saturated heterocycles. The van der Waals surface area contributed by atoms with Crippen LogP contribution in [-0.2, 0) is 13.2 Å². The summed E-state index contributed by atoms with van der Waals surface area (Å²) in [6.07, 6.45) is -3.07. The van der Waals surface area contributed by atoms with E-state index in [0.717, 1.165) is 18.2 Å². The molecular weight excluding hydrogens is 274 g/mol. The highest BCUT2D eigenvalue weighted by Crippen LogP contribution is 2.36. The van der Waals surface area contributed by atoms with Crippen molar-refractivity contribution in [2.24, 2.45) is 7.05 Å². The van der Waals surface area contributed by atoms with Crippen molar-refractivity contribution in [1.29, 1.82) is 0 Å². The molecule has 0 aliphatic rings. The molecule has 1 aromatic heterocycles. The third kappa shape index (κ3) is 2.67. The number of nitrogens with one attached hydrogen (secondary N) is 1. The van der Waals surface area contributed by atoms with E-state index in [1.54, 1.807) is 13.1 Å². The molecule has 108 valence electrons. The second-order valence-corrected chi connectivity index (χ2v) is 4.33. The van der Waals surface area contributed by atoms with Gasteiger partial charge in [-0.3, -0.25) is 4.68 Å². The first-order chi connectivity index (χ1) is 9.34. The van der Waals surface area contributed by atoms with Crippen LogP contribution in [0.3, 0.4) is 0 Å². The Morgan fingerprint density at radius 1 is 1.25 bits per heavy atom. The summed E-state index contributed by atoms with van der Waals surface area (Å²) in [7, 11) is 3.13. The maximum atomic E-state index is 13.4. The Morgan fingerprint density at radius 3 is 2.45 bits per heavy atom. The van der Waals surface area contributed by atoms with Crippen LogP contribution in [0.25, 0.3) is 0 Å². The second-order valence-electron chi connectivity index (χ2n) is 4.33. The molecule has 0 bridgehead atoms. The van der Waals surface area contributed by atoms with E-state index >= 15 is 0 Å². The zero-order valence-corrected chi connectivity index (χ0v) is 10.9. The van der Waals surface area contributed by atoms with Crippen molar-refractivity contribution in [2.45, 2.75) is 12.2 Å². The van der Waals surface area contributed by atoms with Crippen LogP contribution in [-0.4, -0.2) is 16.8 Å². The van der Waals surface area contributed by atoms with Gasteiger partial charge in [0.05, 0.1) is 17.3 Å². The van der Waals surface area contributed by atoms with Crippen molar-refractivity contribution in [3.63, 3.8) is 0 Å². The van der Waals surface area contributed by atoms with Crippen LogP contribution in [0.4, 0.5) is 17.6 Å². The van der Waals surface area contributed by atoms with E-state index in [-0.39, 0.29) is 5.56 Å². The summed E-state index contributed by atoms with van der Waals surface area (Å²) in [5, 5.41) is 6.70. The molecule has 2 aromatic rings. The highest BCUT2D eigenvalue weighted by molar-refractivity contribution is 5.37. The SMILES string of the molecule is CNC(c1cc(F)ccc1C(F)(F)F)c1ccnn1C. The Kier molecular flexibility index (Phi) is 3.80. The lowest BCUT2D eigenvalue weighted by molar-refractivity contribution is -0.138. The van der Waals surface area contributed by atoms with Crippen molar-refractivity contribution in [1.82, 2.24) is 15.1 Å². The standard InChI is InChI=1S/C13H13F4N3/c1-18-12(11-5-6-19-20(11)2)9-7-8(14)3-4-10(9)13(15,16)17/h3-7,12,18H,1-2H3. The number of alkyl halides is 3. The van der Waals surface area contributed by atoms with Gasteiger partial charge in [-0.15, -0.1) is 0 Å². The topological polar surface area (TPSA) is 29.9 Å². The minimum absolute atomic E-state index is 0.163. The second kappa shape index (κ2) is 5.24. The fourth-order valence-electron chi connectivity index (χ4n) is 2.16. The maximum absolute atomic E-state index is 13.4. The zero-order valence-electron chi connectivity index (χ0n) is 10.9. The van der Waals surface area contributed by atoms with E-state index in [4.69, 9.17) is 0 Å². The van der Waals surface area contributed by atoms with E-state index in [0.29, 0.717) is 5.69 Å². The van der Waals surface area contributed by atoms with Gasteiger partial charge in [-0.1, -0.05) is 0 Å². The molecule has 1 aromatic carbocycles. The Hall–Kier alpha value is -1.89. The number of aryl methyl sites for hydroxylation is 1. The third-order valence-electron chi connectivity index (χ3n) is 3.07. The van der Waals surface area contributed by atoms with E-state index in [2.05, 4.69) is 10.4 Å². The van der Waals surface area contributed by atoms with Crippen molar-refractivity contribution in [2.75, 3.05) is 7.05 Å². The monoisotopic (exact) mass is 287 g/mol. The predicted molar refractivity (Wildman–Crippen MR) is 65.5 cm³/mol. The smallest absolute Gasteiger partial charge is 0.308 e. The summed E-state index contributed by atoms with van der Waals surface area (Å²) in [4.78, 5) is 0. The number of rotatable bonds is 3. The summed E-state index contributed by atoms with van der Waals surface area (Å²) in [6, 6.07) is 3.26. The molecule has 0 saturated carbocycles. The zero-order chi connectivity index (χ0) is 14.9. The molecule has 0 fully saturated rings. The van der Waals surface area contributed by atoms with Crippen LogP contribution in [0.1, 0.15) is 22.9 Å². The van der Waals surface area contributed by atoms with Crippen molar-refractivity contribution in [3.8, 4) is 0 Å². The summed E-state index contributed by atoms with van der Waals surface area (Å²) in [5.41, 5.74) is -0.508. The number of benzene rings is 1. The highest BCUT2D eigenvalue weighted by Gasteiger charge is 2.36. The summed E-state index contributed by atoms with van der Waals surface area (Å²) in [5.74, 6) is -0.713. The quantitative estimate of drug-likeness (QED) is 0.880. The van der Waals surface area contributed by atoms with E-state index in [1.165, 1.54) is 17.9 Å². The molecule has 3 nitrogen and oxygen atoms in total. The van der Waals surface area contributed by atoms with E-state index in [1.807, 2.05) is 0 Å². The molecule has 0 radical (unpaired) electrons. The Morgan fingerprint density at radius 2 is 1.95 bits per heavy atom. The van der Waals surface area contributed by atoms with Gasteiger partial charge in [-0.05, 0) is 36.9 Å². The van der Waals surface area contributed by atoms with Crippen LogP contribution in [0.5, 0.6) is 0 Å². The van der Waals surface area contributed by atoms with Gasteiger partial charge in [0.1, 0.15) is 5.82 Å². The molecule has 1 heterocycles. The molecule has 0 aliphatic carbocycles. The lowest BCUT2D eigenvalue weighted by atomic mass is 9.97. The van der Waals surface area contributed by atoms with Crippen LogP contribution < -0.4 is 5.32 Å². The minimum Gasteiger partial charge on any atom is -0.308 e. The average Bonchev–Trinajstić information content (AvgIpc) is 2.75. The van der Waals surface area contributed by atoms with E-state index in [9.17, 15) is 17.6 Å². The molecule has 1 unspecified atom stereocenters. The van der Waals surface area contributed by atoms with E-state index < -0.39 is 23.6 Å². The van der Waals surface area contributed by atoms with Crippen molar-refractivity contribution in [3.05, 3.63) is 53.1 Å². The van der Waals surface area contributed by atoms with Gasteiger partial charge in [0.25, 0.3) is 0 Å². The number of hydrogen-bond donors (Lipinski definition) is 1. The van der Waals surface area contributed by atoms with Gasteiger partial charge < -0.3 is 5.32 Å². The fraction of sp³-hybridized carbons (Fsp3) is 0.308. The third-order valence-corrected chi connectivity index (χ3v) is 3.07. The number of nitrogens with zero attached hydrogens (tertiary/aromatic N) is 2. The fourth-order valence-corrected chi connectivity index (χ4v) is 2.16. The number of hydrogen-bond acceptors (Lipinski definition) is 2. The first-order valence-corrected chi connectivity index (χ1v) is 5.86. The first-order valence-electron chi connectivity index (χ1n) is 5.86. The Balaban J connectivity index is 2.60. The van der Waals surface area contributed by atoms with Crippen LogP contribution in [0.2, 0.25) is 0 Å². The Bertz CT molecular complexity index is 604. The molecule has 1 atom stereocenters. The Labute approximate surface area is 113 Å². The lowest BCUT2D eigenvalue weighted by Gasteiger charge is -2.21. The van der Waals surface area contributed by atoms with Crippen LogP contribution >= 0.6 is 0 Å². The number of halogens is 4. The summed E-state index contributed by atoms with van der Waals surface area (Å²) < 4.78 is 53.9. The molecule has 20 heavy (non-hydrogen) atoms. The molecular formula is C13H13F4N3. The molecule has 7 heteroatoms. The van der Waals surface area contributed by atoms with Gasteiger partial charge in [0.2, 0.25) is 0 Å². The number of aromatic nitrogens is 2. The van der Waals surface area contributed by atoms with Gasteiger partial charge in [-0.25, -0.2) is 4.39 Å². The molecule has 1 N–H and O–H groups in total. The van der Waals surface area contributed by atoms with Crippen LogP contribution in [0, 0.1) is 5.82 Å². The molecule has 0 amide bonds. The van der Waals surface area contributed by atoms with Crippen molar-refractivity contribution >= 4 is 0 Å². The summed E-state index contributed by atoms with van der Waals surface area (Å²) >= 11 is 0. The maximum Gasteiger partial charge on any atom is 0.416 e. The van der Waals surface area contributed by atoms with Crippen LogP contribution in [0.15, 0.2) is 30.5 Å².